The third-order valence-electron chi connectivity index (χ3n) is 5.32. The molecule has 0 aliphatic carbocycles. The van der Waals surface area contributed by atoms with Gasteiger partial charge in [0.05, 0.1) is 16.1 Å². The lowest BCUT2D eigenvalue weighted by atomic mass is 10.1. The highest BCUT2D eigenvalue weighted by Crippen LogP contribution is 2.36. The summed E-state index contributed by atoms with van der Waals surface area (Å²) < 4.78 is 0. The number of carbonyl (C=O) groups excluding carboxylic acids is 1. The van der Waals surface area contributed by atoms with Gasteiger partial charge in [-0.3, -0.25) is 24.8 Å². The molecule has 0 spiro atoms. The van der Waals surface area contributed by atoms with Gasteiger partial charge >= 0.3 is 0 Å². The molecule has 1 aliphatic heterocycles. The van der Waals surface area contributed by atoms with Gasteiger partial charge in [-0.05, 0) is 59.7 Å². The lowest BCUT2D eigenvalue weighted by Crippen LogP contribution is -2.24. The first-order valence-corrected chi connectivity index (χ1v) is 10.0. The summed E-state index contributed by atoms with van der Waals surface area (Å²) in [6.45, 7) is 0. The molecule has 4 aromatic rings. The maximum absolute atomic E-state index is 13.5. The van der Waals surface area contributed by atoms with Crippen LogP contribution >= 0.6 is 0 Å². The van der Waals surface area contributed by atoms with Crippen LogP contribution in [-0.4, -0.2) is 15.8 Å². The predicted octanol–water partition coefficient (Wildman–Crippen LogP) is 5.61. The average Bonchev–Trinajstić information content (AvgIpc) is 3.15. The van der Waals surface area contributed by atoms with Crippen molar-refractivity contribution in [3.8, 4) is 0 Å². The molecule has 1 aromatic heterocycles. The van der Waals surface area contributed by atoms with Gasteiger partial charge in [-0.2, -0.15) is 0 Å². The molecule has 0 atom stereocenters. The van der Waals surface area contributed by atoms with E-state index in [4.69, 9.17) is 0 Å². The van der Waals surface area contributed by atoms with E-state index in [9.17, 15) is 14.9 Å². The van der Waals surface area contributed by atoms with Crippen LogP contribution in [0.25, 0.3) is 22.7 Å². The van der Waals surface area contributed by atoms with Crippen LogP contribution in [0.15, 0.2) is 103 Å². The molecule has 1 aliphatic rings. The van der Waals surface area contributed by atoms with Gasteiger partial charge in [-0.25, -0.2) is 0 Å². The van der Waals surface area contributed by atoms with E-state index in [0.717, 1.165) is 27.9 Å². The van der Waals surface area contributed by atoms with Crippen LogP contribution in [-0.2, 0) is 4.79 Å². The predicted molar refractivity (Wildman–Crippen MR) is 125 cm³/mol. The Bertz CT molecular complexity index is 1410. The number of benzene rings is 3. The Labute approximate surface area is 183 Å². The minimum Gasteiger partial charge on any atom is -0.276 e. The monoisotopic (exact) mass is 419 g/mol. The molecule has 32 heavy (non-hydrogen) atoms. The fraction of sp³-hybridized carbons (Fsp3) is 0. The van der Waals surface area contributed by atoms with E-state index in [1.165, 1.54) is 12.1 Å². The Balaban J connectivity index is 1.60. The molecule has 6 nitrogen and oxygen atoms in total. The van der Waals surface area contributed by atoms with Crippen molar-refractivity contribution in [1.82, 2.24) is 4.98 Å². The zero-order valence-corrected chi connectivity index (χ0v) is 16.9. The first-order chi connectivity index (χ1) is 15.6. The molecule has 154 valence electrons. The van der Waals surface area contributed by atoms with Gasteiger partial charge in [0.25, 0.3) is 11.6 Å². The molecule has 6 heteroatoms. The minimum absolute atomic E-state index is 0.0109. The highest BCUT2D eigenvalue weighted by molar-refractivity contribution is 6.23. The van der Waals surface area contributed by atoms with Crippen molar-refractivity contribution >= 4 is 40.0 Å². The molecule has 3 aromatic carbocycles. The number of pyridine rings is 1. The van der Waals surface area contributed by atoms with Crippen molar-refractivity contribution in [2.24, 2.45) is 0 Å². The average molecular weight is 419 g/mol. The van der Waals surface area contributed by atoms with Gasteiger partial charge in [-0.15, -0.1) is 0 Å². The standard InChI is InChI=1S/C26H17N3O3/c30-26-21(15-18-8-10-22(11-9-18)29(31)32)17-25(19-5-2-1-3-6-19)28(26)23-12-13-24-20(16-23)7-4-14-27-24/h1-17H/b21-15+. The molecule has 0 fully saturated rings. The number of non-ortho nitro benzene ring substituents is 1. The summed E-state index contributed by atoms with van der Waals surface area (Å²) in [7, 11) is 0. The minimum atomic E-state index is -0.443. The molecule has 0 saturated heterocycles. The number of nitro benzene ring substituents is 1. The van der Waals surface area contributed by atoms with Crippen molar-refractivity contribution in [2.45, 2.75) is 0 Å². The molecule has 0 unspecified atom stereocenters. The van der Waals surface area contributed by atoms with E-state index < -0.39 is 4.92 Å². The third-order valence-corrected chi connectivity index (χ3v) is 5.32. The number of hydrogen-bond acceptors (Lipinski definition) is 4. The fourth-order valence-corrected chi connectivity index (χ4v) is 3.77. The number of aromatic nitrogens is 1. The van der Waals surface area contributed by atoms with Crippen LogP contribution < -0.4 is 4.90 Å². The van der Waals surface area contributed by atoms with E-state index in [-0.39, 0.29) is 11.6 Å². The zero-order valence-electron chi connectivity index (χ0n) is 16.9. The summed E-state index contributed by atoms with van der Waals surface area (Å²) in [6, 6.07) is 25.4. The second-order valence-corrected chi connectivity index (χ2v) is 7.36. The van der Waals surface area contributed by atoms with Crippen molar-refractivity contribution in [3.05, 3.63) is 124 Å². The van der Waals surface area contributed by atoms with Crippen LogP contribution in [0.4, 0.5) is 11.4 Å². The lowest BCUT2D eigenvalue weighted by Gasteiger charge is -2.21. The summed E-state index contributed by atoms with van der Waals surface area (Å²) in [4.78, 5) is 30.0. The molecule has 0 N–H and O–H groups in total. The molecule has 2 heterocycles. The SMILES string of the molecule is O=C1/C(=C/c2ccc([N+](=O)[O-])cc2)C=C(c2ccccc2)N1c1ccc2ncccc2c1. The van der Waals surface area contributed by atoms with Crippen molar-refractivity contribution < 1.29 is 9.72 Å². The Hall–Kier alpha value is -4.58. The number of amides is 1. The molecule has 0 bridgehead atoms. The highest BCUT2D eigenvalue weighted by Gasteiger charge is 2.30. The number of anilines is 1. The van der Waals surface area contributed by atoms with Crippen molar-refractivity contribution in [2.75, 3.05) is 4.90 Å². The topological polar surface area (TPSA) is 76.3 Å². The number of rotatable bonds is 4. The summed E-state index contributed by atoms with van der Waals surface area (Å²) in [5.41, 5.74) is 4.52. The van der Waals surface area contributed by atoms with Gasteiger partial charge in [-0.1, -0.05) is 36.4 Å². The lowest BCUT2D eigenvalue weighted by molar-refractivity contribution is -0.384. The maximum Gasteiger partial charge on any atom is 0.269 e. The second kappa shape index (κ2) is 7.92. The van der Waals surface area contributed by atoms with Crippen LogP contribution in [0.3, 0.4) is 0 Å². The van der Waals surface area contributed by atoms with E-state index in [1.807, 2.05) is 66.7 Å². The molecular weight excluding hydrogens is 402 g/mol. The van der Waals surface area contributed by atoms with Crippen LogP contribution in [0.5, 0.6) is 0 Å². The van der Waals surface area contributed by atoms with Crippen LogP contribution in [0.2, 0.25) is 0 Å². The van der Waals surface area contributed by atoms with Crippen LogP contribution in [0, 0.1) is 10.1 Å². The van der Waals surface area contributed by atoms with Gasteiger partial charge in [0.1, 0.15) is 0 Å². The summed E-state index contributed by atoms with van der Waals surface area (Å²) in [5, 5.41) is 11.9. The van der Waals surface area contributed by atoms with E-state index in [0.29, 0.717) is 11.1 Å². The third kappa shape index (κ3) is 3.54. The summed E-state index contributed by atoms with van der Waals surface area (Å²) in [5.74, 6) is -0.162. The first-order valence-electron chi connectivity index (χ1n) is 10.0. The smallest absolute Gasteiger partial charge is 0.269 e. The normalized spacial score (nSPS) is 14.8. The fourth-order valence-electron chi connectivity index (χ4n) is 3.77. The Morgan fingerprint density at radius 1 is 0.906 bits per heavy atom. The largest absolute Gasteiger partial charge is 0.276 e. The van der Waals surface area contributed by atoms with E-state index in [2.05, 4.69) is 4.98 Å². The van der Waals surface area contributed by atoms with Gasteiger partial charge < -0.3 is 0 Å². The second-order valence-electron chi connectivity index (χ2n) is 7.36. The number of carbonyl (C=O) groups is 1. The number of nitrogens with zero attached hydrogens (tertiary/aromatic N) is 3. The Morgan fingerprint density at radius 3 is 2.44 bits per heavy atom. The first kappa shape index (κ1) is 19.4. The number of fused-ring (bicyclic) bond motifs is 1. The van der Waals surface area contributed by atoms with Crippen molar-refractivity contribution in [1.29, 1.82) is 0 Å². The van der Waals surface area contributed by atoms with Crippen molar-refractivity contribution in [3.63, 3.8) is 0 Å². The Morgan fingerprint density at radius 2 is 1.69 bits per heavy atom. The molecule has 0 saturated carbocycles. The molecule has 1 amide bonds. The summed E-state index contributed by atoms with van der Waals surface area (Å²) >= 11 is 0. The quantitative estimate of drug-likeness (QED) is 0.245. The van der Waals surface area contributed by atoms with Crippen LogP contribution in [0.1, 0.15) is 11.1 Å². The van der Waals surface area contributed by atoms with Gasteiger partial charge in [0.2, 0.25) is 0 Å². The zero-order chi connectivity index (χ0) is 22.1. The Kier molecular flexibility index (Phi) is 4.80. The molecule has 0 radical (unpaired) electrons. The number of nitro groups is 1. The maximum atomic E-state index is 13.5. The van der Waals surface area contributed by atoms with Gasteiger partial charge in [0.15, 0.2) is 0 Å². The highest BCUT2D eigenvalue weighted by atomic mass is 16.6. The summed E-state index contributed by atoms with van der Waals surface area (Å²) in [6.07, 6.45) is 5.34. The molecule has 5 rings (SSSR count). The molecular formula is C26H17N3O3. The van der Waals surface area contributed by atoms with Gasteiger partial charge in [0, 0.05) is 35.0 Å². The van der Waals surface area contributed by atoms with E-state index in [1.54, 1.807) is 29.3 Å². The number of hydrogen-bond donors (Lipinski definition) is 0. The van der Waals surface area contributed by atoms with E-state index >= 15 is 0 Å².